The van der Waals surface area contributed by atoms with Crippen LogP contribution in [0.2, 0.25) is 0 Å². The van der Waals surface area contributed by atoms with Crippen molar-refractivity contribution >= 4 is 0 Å². The second-order valence-corrected chi connectivity index (χ2v) is 4.39. The molecule has 0 N–H and O–H groups in total. The molecule has 20 heavy (non-hydrogen) atoms. The summed E-state index contributed by atoms with van der Waals surface area (Å²) in [4.78, 5) is 8.82. The van der Waals surface area contributed by atoms with Gasteiger partial charge in [0.2, 0.25) is 0 Å². The fraction of sp³-hybridized carbons (Fsp3) is 0.333. The number of aryl methyl sites for hydroxylation is 4. The van der Waals surface area contributed by atoms with Gasteiger partial charge in [-0.2, -0.15) is 0 Å². The fourth-order valence-electron chi connectivity index (χ4n) is 1.98. The van der Waals surface area contributed by atoms with Gasteiger partial charge in [-0.15, -0.1) is 0 Å². The summed E-state index contributed by atoms with van der Waals surface area (Å²) in [5.74, 6) is 0. The van der Waals surface area contributed by atoms with Crippen molar-refractivity contribution in [1.82, 2.24) is 9.97 Å². The normalized spacial score (nSPS) is 8.90. The molecule has 0 bridgehead atoms. The summed E-state index contributed by atoms with van der Waals surface area (Å²) in [6.07, 6.45) is 6.91. The first-order valence-corrected chi connectivity index (χ1v) is 6.08. The van der Waals surface area contributed by atoms with Crippen LogP contribution in [0.25, 0.3) is 0 Å². The smallest absolute Gasteiger partial charge is 1.00 e. The molecule has 0 unspecified atom stereocenters. The van der Waals surface area contributed by atoms with Crippen LogP contribution in [-0.4, -0.2) is 9.97 Å². The van der Waals surface area contributed by atoms with E-state index in [0.717, 1.165) is 19.3 Å². The predicted molar refractivity (Wildman–Crippen MR) is 70.0 cm³/mol. The Labute approximate surface area is 147 Å². The summed E-state index contributed by atoms with van der Waals surface area (Å²) in [7, 11) is 0. The zero-order chi connectivity index (χ0) is 12.1. The van der Waals surface area contributed by atoms with Crippen molar-refractivity contribution in [3.63, 3.8) is 0 Å². The minimum Gasteiger partial charge on any atom is -1.00 e. The molecular formula is C15H18Cl2N2Pt. The number of pyridine rings is 2. The maximum atomic E-state index is 4.41. The Bertz CT molecular complexity index is 461. The summed E-state index contributed by atoms with van der Waals surface area (Å²) in [6, 6.07) is 8.21. The Hall–Kier alpha value is -0.432. The third kappa shape index (κ3) is 6.35. The molecule has 0 radical (unpaired) electrons. The molecular weight excluding hydrogens is 474 g/mol. The van der Waals surface area contributed by atoms with Gasteiger partial charge in [-0.1, -0.05) is 12.1 Å². The van der Waals surface area contributed by atoms with E-state index in [-0.39, 0.29) is 45.9 Å². The average Bonchev–Trinajstić information content (AvgIpc) is 2.34. The molecule has 2 aromatic heterocycles. The second kappa shape index (κ2) is 11.3. The predicted octanol–water partition coefficient (Wildman–Crippen LogP) is -2.73. The van der Waals surface area contributed by atoms with Gasteiger partial charge in [0, 0.05) is 23.8 Å². The Balaban J connectivity index is 0. The molecule has 0 saturated heterocycles. The summed E-state index contributed by atoms with van der Waals surface area (Å²) in [6.45, 7) is 4.24. The molecule has 0 aromatic carbocycles. The molecule has 0 aliphatic rings. The average molecular weight is 492 g/mol. The van der Waals surface area contributed by atoms with Crippen LogP contribution in [0, 0.1) is 13.8 Å². The third-order valence-corrected chi connectivity index (χ3v) is 3.06. The molecule has 0 fully saturated rings. The van der Waals surface area contributed by atoms with E-state index < -0.39 is 0 Å². The van der Waals surface area contributed by atoms with E-state index in [1.807, 2.05) is 24.5 Å². The number of hydrogen-bond acceptors (Lipinski definition) is 2. The topological polar surface area (TPSA) is 25.8 Å². The molecule has 2 heterocycles. The van der Waals surface area contributed by atoms with E-state index in [9.17, 15) is 0 Å². The molecule has 5 heteroatoms. The van der Waals surface area contributed by atoms with Crippen LogP contribution in [0.4, 0.5) is 0 Å². The maximum absolute atomic E-state index is 4.41. The fourth-order valence-corrected chi connectivity index (χ4v) is 1.98. The SMILES string of the molecule is Cc1cccnc1CCCc1ncccc1C.[Cl-].[Cl-].[Pt+2]. The Kier molecular flexibility index (Phi) is 12.3. The maximum Gasteiger partial charge on any atom is 2.00 e. The number of nitrogens with zero attached hydrogens (tertiary/aromatic N) is 2. The summed E-state index contributed by atoms with van der Waals surface area (Å²) in [5.41, 5.74) is 4.98. The third-order valence-electron chi connectivity index (χ3n) is 3.06. The first-order valence-electron chi connectivity index (χ1n) is 6.08. The van der Waals surface area contributed by atoms with E-state index in [2.05, 4.69) is 35.9 Å². The van der Waals surface area contributed by atoms with Crippen LogP contribution >= 0.6 is 0 Å². The largest absolute Gasteiger partial charge is 2.00 e. The minimum atomic E-state index is 0. The van der Waals surface area contributed by atoms with Crippen molar-refractivity contribution in [2.75, 3.05) is 0 Å². The van der Waals surface area contributed by atoms with E-state index in [1.54, 1.807) is 0 Å². The van der Waals surface area contributed by atoms with Crippen molar-refractivity contribution < 1.29 is 45.9 Å². The Morgan fingerprint density at radius 1 is 0.800 bits per heavy atom. The zero-order valence-electron chi connectivity index (χ0n) is 11.6. The Morgan fingerprint density at radius 3 is 1.55 bits per heavy atom. The van der Waals surface area contributed by atoms with E-state index in [1.165, 1.54) is 22.5 Å². The number of halogens is 2. The van der Waals surface area contributed by atoms with E-state index in [4.69, 9.17) is 0 Å². The van der Waals surface area contributed by atoms with Crippen molar-refractivity contribution in [3.05, 3.63) is 59.2 Å². The molecule has 0 amide bonds. The number of rotatable bonds is 4. The van der Waals surface area contributed by atoms with Gasteiger partial charge in [0.25, 0.3) is 0 Å². The molecule has 112 valence electrons. The second-order valence-electron chi connectivity index (χ2n) is 4.39. The van der Waals surface area contributed by atoms with Crippen molar-refractivity contribution in [2.24, 2.45) is 0 Å². The van der Waals surface area contributed by atoms with Crippen LogP contribution in [-0.2, 0) is 33.9 Å². The van der Waals surface area contributed by atoms with Crippen LogP contribution < -0.4 is 24.8 Å². The summed E-state index contributed by atoms with van der Waals surface area (Å²) in [5, 5.41) is 0. The summed E-state index contributed by atoms with van der Waals surface area (Å²) >= 11 is 0. The quantitative estimate of drug-likeness (QED) is 0.464. The zero-order valence-corrected chi connectivity index (χ0v) is 15.3. The monoisotopic (exact) mass is 491 g/mol. The van der Waals surface area contributed by atoms with Gasteiger partial charge in [0.15, 0.2) is 0 Å². The van der Waals surface area contributed by atoms with Crippen LogP contribution in [0.3, 0.4) is 0 Å². The first-order chi connectivity index (χ1) is 8.27. The number of aromatic nitrogens is 2. The molecule has 0 aliphatic carbocycles. The molecule has 2 rings (SSSR count). The van der Waals surface area contributed by atoms with Gasteiger partial charge < -0.3 is 24.8 Å². The minimum absolute atomic E-state index is 0. The van der Waals surface area contributed by atoms with Gasteiger partial charge in [0.1, 0.15) is 0 Å². The van der Waals surface area contributed by atoms with Gasteiger partial charge >= 0.3 is 21.1 Å². The van der Waals surface area contributed by atoms with Crippen molar-refractivity contribution in [3.8, 4) is 0 Å². The van der Waals surface area contributed by atoms with E-state index >= 15 is 0 Å². The van der Waals surface area contributed by atoms with Crippen molar-refractivity contribution in [1.29, 1.82) is 0 Å². The van der Waals surface area contributed by atoms with Gasteiger partial charge in [-0.05, 0) is 56.4 Å². The molecule has 0 aliphatic heterocycles. The van der Waals surface area contributed by atoms with Crippen LogP contribution in [0.1, 0.15) is 28.9 Å². The standard InChI is InChI=1S/C15H18N2.2ClH.Pt/c1-12-6-4-10-16-14(12)8-3-9-15-13(2)7-5-11-17-15;;;/h4-7,10-11H,3,8-9H2,1-2H3;2*1H;/q;;;+2/p-2. The first kappa shape index (κ1) is 21.9. The van der Waals surface area contributed by atoms with E-state index in [0.29, 0.717) is 0 Å². The Morgan fingerprint density at radius 2 is 1.20 bits per heavy atom. The molecule has 2 aromatic rings. The molecule has 0 spiro atoms. The molecule has 0 saturated carbocycles. The number of hydrogen-bond donors (Lipinski definition) is 0. The molecule has 2 nitrogen and oxygen atoms in total. The summed E-state index contributed by atoms with van der Waals surface area (Å²) < 4.78 is 0. The van der Waals surface area contributed by atoms with Gasteiger partial charge in [0.05, 0.1) is 0 Å². The van der Waals surface area contributed by atoms with Crippen LogP contribution in [0.15, 0.2) is 36.7 Å². The van der Waals surface area contributed by atoms with Gasteiger partial charge in [-0.25, -0.2) is 0 Å². The molecule has 0 atom stereocenters. The van der Waals surface area contributed by atoms with Gasteiger partial charge in [-0.3, -0.25) is 9.97 Å². The van der Waals surface area contributed by atoms with Crippen LogP contribution in [0.5, 0.6) is 0 Å². The van der Waals surface area contributed by atoms with Crippen molar-refractivity contribution in [2.45, 2.75) is 33.1 Å².